The number of piperidine rings is 1. The van der Waals surface area contributed by atoms with Gasteiger partial charge in [-0.15, -0.1) is 0 Å². The van der Waals surface area contributed by atoms with Gasteiger partial charge < -0.3 is 9.64 Å². The molecule has 0 spiro atoms. The molecule has 1 amide bonds. The van der Waals surface area contributed by atoms with Crippen molar-refractivity contribution in [3.8, 4) is 5.88 Å². The molecule has 1 aliphatic heterocycles. The van der Waals surface area contributed by atoms with Crippen molar-refractivity contribution in [3.63, 3.8) is 0 Å². The molecule has 0 N–H and O–H groups in total. The van der Waals surface area contributed by atoms with Gasteiger partial charge in [0.05, 0.1) is 0 Å². The molecule has 6 heteroatoms. The number of pyridine rings is 2. The number of amides is 1. The number of ether oxygens (including phenoxy) is 1. The number of hydrogen-bond acceptors (Lipinski definition) is 5. The maximum absolute atomic E-state index is 12.3. The smallest absolute Gasteiger partial charge is 0.258 e. The van der Waals surface area contributed by atoms with E-state index in [1.54, 1.807) is 43.5 Å². The number of aromatic nitrogens is 2. The van der Waals surface area contributed by atoms with Gasteiger partial charge in [-0.25, -0.2) is 4.98 Å². The maximum atomic E-state index is 12.3. The van der Waals surface area contributed by atoms with Crippen LogP contribution in [0.1, 0.15) is 28.8 Å². The van der Waals surface area contributed by atoms with Gasteiger partial charge in [0.2, 0.25) is 5.88 Å². The highest BCUT2D eigenvalue weighted by Gasteiger charge is 2.23. The zero-order chi connectivity index (χ0) is 17.6. The van der Waals surface area contributed by atoms with Gasteiger partial charge in [0.15, 0.2) is 0 Å². The molecule has 25 heavy (non-hydrogen) atoms. The third-order valence-corrected chi connectivity index (χ3v) is 4.35. The molecular formula is C19H24N4O2. The first kappa shape index (κ1) is 17.4. The zero-order valence-corrected chi connectivity index (χ0v) is 14.8. The van der Waals surface area contributed by atoms with Crippen molar-refractivity contribution in [2.75, 3.05) is 27.2 Å². The average molecular weight is 340 g/mol. The fourth-order valence-electron chi connectivity index (χ4n) is 2.98. The Morgan fingerprint density at radius 1 is 1.24 bits per heavy atom. The van der Waals surface area contributed by atoms with Crippen LogP contribution in [-0.2, 0) is 6.54 Å². The van der Waals surface area contributed by atoms with Crippen LogP contribution in [0.5, 0.6) is 5.88 Å². The lowest BCUT2D eigenvalue weighted by molar-refractivity contribution is 0.0785. The fourth-order valence-corrected chi connectivity index (χ4v) is 2.98. The quantitative estimate of drug-likeness (QED) is 0.835. The third kappa shape index (κ3) is 4.54. The van der Waals surface area contributed by atoms with Crippen LogP contribution in [0.3, 0.4) is 0 Å². The second-order valence-corrected chi connectivity index (χ2v) is 6.51. The number of hydrogen-bond donors (Lipinski definition) is 0. The molecule has 1 saturated heterocycles. The lowest BCUT2D eigenvalue weighted by atomic mass is 10.1. The van der Waals surface area contributed by atoms with E-state index in [1.165, 1.54) is 5.56 Å². The van der Waals surface area contributed by atoms with Crippen molar-refractivity contribution in [2.45, 2.75) is 25.5 Å². The Kier molecular flexibility index (Phi) is 5.60. The van der Waals surface area contributed by atoms with E-state index in [4.69, 9.17) is 4.74 Å². The topological polar surface area (TPSA) is 58.6 Å². The molecule has 2 aromatic rings. The van der Waals surface area contributed by atoms with Gasteiger partial charge >= 0.3 is 0 Å². The molecule has 0 aromatic carbocycles. The minimum atomic E-state index is -0.0860. The molecule has 3 rings (SSSR count). The number of rotatable bonds is 5. The fraction of sp³-hybridized carbons (Fsp3) is 0.421. The van der Waals surface area contributed by atoms with Gasteiger partial charge in [-0.2, -0.15) is 0 Å². The van der Waals surface area contributed by atoms with Crippen LogP contribution in [0.4, 0.5) is 0 Å². The highest BCUT2D eigenvalue weighted by molar-refractivity contribution is 5.96. The summed E-state index contributed by atoms with van der Waals surface area (Å²) in [6.07, 6.45) is 7.31. The van der Waals surface area contributed by atoms with Crippen LogP contribution >= 0.6 is 0 Å². The summed E-state index contributed by atoms with van der Waals surface area (Å²) in [7, 11) is 3.46. The summed E-state index contributed by atoms with van der Waals surface area (Å²) in [5.41, 5.74) is 1.75. The molecule has 1 aliphatic rings. The minimum Gasteiger partial charge on any atom is -0.474 e. The molecule has 0 bridgehead atoms. The van der Waals surface area contributed by atoms with Crippen molar-refractivity contribution in [1.82, 2.24) is 19.8 Å². The molecule has 6 nitrogen and oxygen atoms in total. The van der Waals surface area contributed by atoms with Crippen LogP contribution in [0.2, 0.25) is 0 Å². The van der Waals surface area contributed by atoms with Gasteiger partial charge in [0.1, 0.15) is 11.7 Å². The molecule has 0 atom stereocenters. The Hall–Kier alpha value is -2.47. The first-order valence-corrected chi connectivity index (χ1v) is 8.58. The van der Waals surface area contributed by atoms with E-state index in [0.29, 0.717) is 11.4 Å². The predicted molar refractivity (Wildman–Crippen MR) is 95.4 cm³/mol. The van der Waals surface area contributed by atoms with Gasteiger partial charge in [-0.05, 0) is 36.6 Å². The SMILES string of the molecule is CN(C)C(=O)c1cccnc1OC1CCN(Cc2cccnc2)CC1. The molecule has 0 unspecified atom stereocenters. The third-order valence-electron chi connectivity index (χ3n) is 4.35. The lowest BCUT2D eigenvalue weighted by Gasteiger charge is -2.32. The summed E-state index contributed by atoms with van der Waals surface area (Å²) < 4.78 is 6.06. The second-order valence-electron chi connectivity index (χ2n) is 6.51. The summed E-state index contributed by atoms with van der Waals surface area (Å²) in [5.74, 6) is 0.351. The van der Waals surface area contributed by atoms with Crippen LogP contribution in [0, 0.1) is 0 Å². The van der Waals surface area contributed by atoms with E-state index in [1.807, 2.05) is 12.3 Å². The van der Waals surface area contributed by atoms with E-state index in [9.17, 15) is 4.79 Å². The summed E-state index contributed by atoms with van der Waals surface area (Å²) in [5, 5.41) is 0. The van der Waals surface area contributed by atoms with Gasteiger partial charge in [0.25, 0.3) is 5.91 Å². The second kappa shape index (κ2) is 8.07. The van der Waals surface area contributed by atoms with E-state index < -0.39 is 0 Å². The first-order chi connectivity index (χ1) is 12.1. The average Bonchev–Trinajstić information content (AvgIpc) is 2.64. The van der Waals surface area contributed by atoms with Crippen LogP contribution in [0.15, 0.2) is 42.9 Å². The standard InChI is InChI=1S/C19H24N4O2/c1-22(2)19(24)17-6-4-10-21-18(17)25-16-7-11-23(12-8-16)14-15-5-3-9-20-13-15/h3-6,9-10,13,16H,7-8,11-12,14H2,1-2H3. The summed E-state index contributed by atoms with van der Waals surface area (Å²) in [4.78, 5) is 24.6. The monoisotopic (exact) mass is 340 g/mol. The molecule has 0 saturated carbocycles. The van der Waals surface area contributed by atoms with Gasteiger partial charge in [-0.3, -0.25) is 14.7 Å². The van der Waals surface area contributed by atoms with Gasteiger partial charge in [0, 0.05) is 52.3 Å². The van der Waals surface area contributed by atoms with E-state index >= 15 is 0 Å². The summed E-state index contributed by atoms with van der Waals surface area (Å²) in [6, 6.07) is 7.60. The highest BCUT2D eigenvalue weighted by Crippen LogP contribution is 2.22. The van der Waals surface area contributed by atoms with Crippen molar-refractivity contribution in [2.24, 2.45) is 0 Å². The van der Waals surface area contributed by atoms with E-state index in [0.717, 1.165) is 32.5 Å². The van der Waals surface area contributed by atoms with Crippen LogP contribution < -0.4 is 4.74 Å². The highest BCUT2D eigenvalue weighted by atomic mass is 16.5. The molecule has 132 valence electrons. The number of carbonyl (C=O) groups is 1. The molecule has 0 radical (unpaired) electrons. The molecule has 1 fully saturated rings. The van der Waals surface area contributed by atoms with Crippen molar-refractivity contribution < 1.29 is 9.53 Å². The molecule has 3 heterocycles. The Morgan fingerprint density at radius 3 is 2.68 bits per heavy atom. The zero-order valence-electron chi connectivity index (χ0n) is 14.8. The lowest BCUT2D eigenvalue weighted by Crippen LogP contribution is -2.38. The number of carbonyl (C=O) groups excluding carboxylic acids is 1. The normalized spacial score (nSPS) is 15.8. The summed E-state index contributed by atoms with van der Waals surface area (Å²) in [6.45, 7) is 2.83. The first-order valence-electron chi connectivity index (χ1n) is 8.58. The van der Waals surface area contributed by atoms with Crippen LogP contribution in [-0.4, -0.2) is 59.0 Å². The minimum absolute atomic E-state index is 0.0860. The Bertz CT molecular complexity index is 698. The maximum Gasteiger partial charge on any atom is 0.258 e. The van der Waals surface area contributed by atoms with E-state index in [-0.39, 0.29) is 12.0 Å². The largest absolute Gasteiger partial charge is 0.474 e. The van der Waals surface area contributed by atoms with Crippen molar-refractivity contribution in [1.29, 1.82) is 0 Å². The molecule has 0 aliphatic carbocycles. The Balaban J connectivity index is 1.57. The Morgan fingerprint density at radius 2 is 2.00 bits per heavy atom. The molecular weight excluding hydrogens is 316 g/mol. The van der Waals surface area contributed by atoms with Crippen molar-refractivity contribution >= 4 is 5.91 Å². The molecule has 2 aromatic heterocycles. The predicted octanol–water partition coefficient (Wildman–Crippen LogP) is 2.22. The van der Waals surface area contributed by atoms with Crippen LogP contribution in [0.25, 0.3) is 0 Å². The van der Waals surface area contributed by atoms with E-state index in [2.05, 4.69) is 20.9 Å². The van der Waals surface area contributed by atoms with Crippen molar-refractivity contribution in [3.05, 3.63) is 54.0 Å². The van der Waals surface area contributed by atoms with Gasteiger partial charge in [-0.1, -0.05) is 6.07 Å². The number of nitrogens with zero attached hydrogens (tertiary/aromatic N) is 4. The number of likely N-dealkylation sites (tertiary alicyclic amines) is 1. The summed E-state index contributed by atoms with van der Waals surface area (Å²) >= 11 is 0. The Labute approximate surface area is 148 Å².